The van der Waals surface area contributed by atoms with E-state index < -0.39 is 11.8 Å². The van der Waals surface area contributed by atoms with E-state index in [0.29, 0.717) is 29.4 Å². The fourth-order valence-corrected chi connectivity index (χ4v) is 7.00. The van der Waals surface area contributed by atoms with E-state index in [2.05, 4.69) is 23.7 Å². The van der Waals surface area contributed by atoms with E-state index in [9.17, 15) is 9.90 Å². The van der Waals surface area contributed by atoms with Crippen LogP contribution in [0.4, 0.5) is 4.79 Å². The molecule has 146 valence electrons. The third kappa shape index (κ3) is 2.66. The van der Waals surface area contributed by atoms with Crippen LogP contribution in [-0.2, 0) is 9.47 Å². The summed E-state index contributed by atoms with van der Waals surface area (Å²) < 4.78 is 9.84. The third-order valence-electron chi connectivity index (χ3n) is 8.24. The molecule has 4 nitrogen and oxygen atoms in total. The normalized spacial score (nSPS) is 42.6. The van der Waals surface area contributed by atoms with Gasteiger partial charge >= 0.3 is 6.16 Å². The van der Waals surface area contributed by atoms with E-state index in [4.69, 9.17) is 11.2 Å². The minimum atomic E-state index is -0.929. The molecule has 0 bridgehead atoms. The topological polar surface area (TPSA) is 55.8 Å². The lowest BCUT2D eigenvalue weighted by Gasteiger charge is -2.55. The number of hydrogen-bond donors (Lipinski definition) is 1. The molecule has 0 radical (unpaired) electrons. The van der Waals surface area contributed by atoms with E-state index in [1.54, 1.807) is 0 Å². The summed E-state index contributed by atoms with van der Waals surface area (Å²) >= 11 is 0. The van der Waals surface area contributed by atoms with Gasteiger partial charge in [-0.1, -0.05) is 18.4 Å². The molecular formula is C23H30O4. The summed E-state index contributed by atoms with van der Waals surface area (Å²) in [6.45, 7) is 2.20. The summed E-state index contributed by atoms with van der Waals surface area (Å²) in [5, 5.41) is 11.2. The van der Waals surface area contributed by atoms with Crippen molar-refractivity contribution < 1.29 is 19.4 Å². The molecule has 4 heteroatoms. The molecule has 1 N–H and O–H groups in total. The summed E-state index contributed by atoms with van der Waals surface area (Å²) in [6.07, 6.45) is 17.2. The van der Waals surface area contributed by atoms with Gasteiger partial charge in [0.05, 0.1) is 7.11 Å². The summed E-state index contributed by atoms with van der Waals surface area (Å²) in [7, 11) is 1.33. The van der Waals surface area contributed by atoms with Crippen LogP contribution in [0.2, 0.25) is 0 Å². The molecule has 0 aromatic rings. The molecule has 0 heterocycles. The highest BCUT2D eigenvalue weighted by atomic mass is 16.7. The van der Waals surface area contributed by atoms with Crippen LogP contribution >= 0.6 is 0 Å². The lowest BCUT2D eigenvalue weighted by Crippen LogP contribution is -2.53. The summed E-state index contributed by atoms with van der Waals surface area (Å²) in [4.78, 5) is 11.4. The Morgan fingerprint density at radius 2 is 2.15 bits per heavy atom. The zero-order valence-corrected chi connectivity index (χ0v) is 16.4. The van der Waals surface area contributed by atoms with Gasteiger partial charge in [-0.25, -0.2) is 4.79 Å². The van der Waals surface area contributed by atoms with E-state index in [-0.39, 0.29) is 5.41 Å². The van der Waals surface area contributed by atoms with E-state index in [1.807, 2.05) is 6.08 Å². The van der Waals surface area contributed by atoms with Gasteiger partial charge in [0.15, 0.2) is 0 Å². The number of rotatable bonds is 2. The minimum absolute atomic E-state index is 0.103. The standard InChI is InChI=1S/C23H30O4/c1-4-22-12-10-18-17-9-7-16(27-21(24)26-3)14-15(17)6-8-19(18)20(22)11-13-23(22,25)5-2/h2,7,14,17-20,25H,4,6,8-13H2,1,3H3/t17?,18?,19?,20?,22-,23?/m0/s1. The van der Waals surface area contributed by atoms with E-state index in [0.717, 1.165) is 51.4 Å². The van der Waals surface area contributed by atoms with Gasteiger partial charge in [0, 0.05) is 5.41 Å². The summed E-state index contributed by atoms with van der Waals surface area (Å²) in [6, 6.07) is 0. The van der Waals surface area contributed by atoms with Crippen LogP contribution in [0.5, 0.6) is 0 Å². The average Bonchev–Trinajstić information content (AvgIpc) is 3.01. The highest BCUT2D eigenvalue weighted by Gasteiger charge is 2.63. The van der Waals surface area contributed by atoms with Gasteiger partial charge in [-0.15, -0.1) is 6.42 Å². The lowest BCUT2D eigenvalue weighted by molar-refractivity contribution is -0.0984. The Balaban J connectivity index is 1.56. The van der Waals surface area contributed by atoms with Crippen molar-refractivity contribution in [3.8, 4) is 12.3 Å². The van der Waals surface area contributed by atoms with Crippen molar-refractivity contribution in [2.24, 2.45) is 29.1 Å². The molecule has 0 aliphatic heterocycles. The summed E-state index contributed by atoms with van der Waals surface area (Å²) in [5.74, 6) is 5.75. The first-order valence-electron chi connectivity index (χ1n) is 10.3. The molecule has 0 spiro atoms. The van der Waals surface area contributed by atoms with Gasteiger partial charge < -0.3 is 14.6 Å². The first kappa shape index (κ1) is 18.6. The van der Waals surface area contributed by atoms with Crippen molar-refractivity contribution in [2.75, 3.05) is 7.11 Å². The summed E-state index contributed by atoms with van der Waals surface area (Å²) in [5.41, 5.74) is 0.377. The molecule has 0 saturated heterocycles. The molecule has 27 heavy (non-hydrogen) atoms. The number of hydrogen-bond acceptors (Lipinski definition) is 4. The highest BCUT2D eigenvalue weighted by molar-refractivity contribution is 5.62. The molecule has 4 aliphatic carbocycles. The Morgan fingerprint density at radius 3 is 2.85 bits per heavy atom. The smallest absolute Gasteiger partial charge is 0.437 e. The first-order chi connectivity index (χ1) is 13.0. The quantitative estimate of drug-likeness (QED) is 0.570. The molecule has 4 rings (SSSR count). The largest absolute Gasteiger partial charge is 0.513 e. The van der Waals surface area contributed by atoms with Crippen molar-refractivity contribution in [3.63, 3.8) is 0 Å². The van der Waals surface area contributed by atoms with Crippen molar-refractivity contribution in [1.29, 1.82) is 0 Å². The third-order valence-corrected chi connectivity index (χ3v) is 8.24. The van der Waals surface area contributed by atoms with Crippen LogP contribution in [0.3, 0.4) is 0 Å². The number of carbonyl (C=O) groups is 1. The van der Waals surface area contributed by atoms with Crippen LogP contribution in [0.15, 0.2) is 23.5 Å². The average molecular weight is 370 g/mol. The maximum absolute atomic E-state index is 11.4. The van der Waals surface area contributed by atoms with Crippen molar-refractivity contribution >= 4 is 6.16 Å². The molecule has 0 aromatic carbocycles. The number of terminal acetylenes is 1. The number of carbonyl (C=O) groups excluding carboxylic acids is 1. The number of allylic oxidation sites excluding steroid dienone is 3. The van der Waals surface area contributed by atoms with E-state index in [1.165, 1.54) is 12.7 Å². The van der Waals surface area contributed by atoms with E-state index >= 15 is 0 Å². The highest BCUT2D eigenvalue weighted by Crippen LogP contribution is 2.66. The second kappa shape index (κ2) is 6.71. The van der Waals surface area contributed by atoms with Gasteiger partial charge in [0.2, 0.25) is 0 Å². The van der Waals surface area contributed by atoms with Crippen LogP contribution in [0, 0.1) is 41.4 Å². The second-order valence-electron chi connectivity index (χ2n) is 8.79. The molecule has 5 unspecified atom stereocenters. The lowest BCUT2D eigenvalue weighted by atomic mass is 9.49. The first-order valence-corrected chi connectivity index (χ1v) is 10.3. The minimum Gasteiger partial charge on any atom is -0.437 e. The molecule has 0 amide bonds. The molecular weight excluding hydrogens is 340 g/mol. The number of ether oxygens (including phenoxy) is 2. The fraction of sp³-hybridized carbons (Fsp3) is 0.696. The Hall–Kier alpha value is -1.73. The van der Waals surface area contributed by atoms with Crippen LogP contribution in [-0.4, -0.2) is 24.0 Å². The molecule has 6 atom stereocenters. The number of aliphatic hydroxyl groups is 1. The molecule has 3 fully saturated rings. The predicted molar refractivity (Wildman–Crippen MR) is 102 cm³/mol. The molecule has 3 saturated carbocycles. The number of fused-ring (bicyclic) bond motifs is 5. The SMILES string of the molecule is C#CC1(O)CCC2C3CCC4=CC(OC(=O)OC)=CCC4C3CC[C@@]21CC. The van der Waals surface area contributed by atoms with Gasteiger partial charge in [0.1, 0.15) is 11.4 Å². The van der Waals surface area contributed by atoms with Crippen LogP contribution < -0.4 is 0 Å². The van der Waals surface area contributed by atoms with Crippen molar-refractivity contribution in [2.45, 2.75) is 63.9 Å². The maximum atomic E-state index is 11.4. The van der Waals surface area contributed by atoms with Crippen LogP contribution in [0.1, 0.15) is 58.3 Å². The van der Waals surface area contributed by atoms with Gasteiger partial charge in [-0.2, -0.15) is 0 Å². The zero-order valence-electron chi connectivity index (χ0n) is 16.4. The molecule has 0 aromatic heterocycles. The molecule has 4 aliphatic rings. The van der Waals surface area contributed by atoms with Gasteiger partial charge in [-0.05, 0) is 87.2 Å². The van der Waals surface area contributed by atoms with Gasteiger partial charge in [-0.3, -0.25) is 0 Å². The van der Waals surface area contributed by atoms with Crippen molar-refractivity contribution in [3.05, 3.63) is 23.5 Å². The van der Waals surface area contributed by atoms with Crippen LogP contribution in [0.25, 0.3) is 0 Å². The van der Waals surface area contributed by atoms with Gasteiger partial charge in [0.25, 0.3) is 0 Å². The zero-order chi connectivity index (χ0) is 19.2. The predicted octanol–water partition coefficient (Wildman–Crippen LogP) is 4.59. The Morgan fingerprint density at radius 1 is 1.33 bits per heavy atom. The second-order valence-corrected chi connectivity index (χ2v) is 8.79. The Kier molecular flexibility index (Phi) is 4.63. The maximum Gasteiger partial charge on any atom is 0.513 e. The number of methoxy groups -OCH3 is 1. The Bertz CT molecular complexity index is 729. The van der Waals surface area contributed by atoms with Crippen molar-refractivity contribution in [1.82, 2.24) is 0 Å². The Labute approximate surface area is 162 Å². The fourth-order valence-electron chi connectivity index (χ4n) is 7.00. The monoisotopic (exact) mass is 370 g/mol.